The predicted molar refractivity (Wildman–Crippen MR) is 114 cm³/mol. The van der Waals surface area contributed by atoms with E-state index in [1.54, 1.807) is 0 Å². The van der Waals surface area contributed by atoms with Crippen LogP contribution in [0, 0.1) is 0 Å². The van der Waals surface area contributed by atoms with E-state index in [1.807, 2.05) is 21.1 Å². The molecule has 0 radical (unpaired) electrons. The maximum absolute atomic E-state index is 11.1. The second kappa shape index (κ2) is 13.7. The summed E-state index contributed by atoms with van der Waals surface area (Å²) in [6.45, 7) is 7.21. The molecular formula is C21H43N3O4+2. The Morgan fingerprint density at radius 2 is 1.54 bits per heavy atom. The van der Waals surface area contributed by atoms with Crippen molar-refractivity contribution < 1.29 is 28.8 Å². The van der Waals surface area contributed by atoms with Crippen molar-refractivity contribution >= 4 is 17.8 Å². The minimum absolute atomic E-state index is 0.181. The van der Waals surface area contributed by atoms with E-state index in [0.29, 0.717) is 8.97 Å². The average Bonchev–Trinajstić information content (AvgIpc) is 2.94. The highest BCUT2D eigenvalue weighted by Gasteiger charge is 2.38. The van der Waals surface area contributed by atoms with E-state index in [1.165, 1.54) is 38.5 Å². The molecule has 164 valence electrons. The number of carboxylic acid groups (broad SMARTS) is 2. The molecular weight excluding hydrogens is 358 g/mol. The first-order valence-electron chi connectivity index (χ1n) is 10.7. The molecule has 1 heterocycles. The fraction of sp³-hybridized carbons (Fsp3) is 0.857. The predicted octanol–water partition coefficient (Wildman–Crippen LogP) is 3.24. The molecule has 0 bridgehead atoms. The van der Waals surface area contributed by atoms with Gasteiger partial charge in [-0.3, -0.25) is 4.48 Å². The van der Waals surface area contributed by atoms with E-state index in [0.717, 1.165) is 38.3 Å². The zero-order valence-corrected chi connectivity index (χ0v) is 18.7. The Bertz CT molecular complexity index is 500. The number of hydrogen-bond donors (Lipinski definition) is 2. The van der Waals surface area contributed by atoms with Crippen molar-refractivity contribution in [1.82, 2.24) is 0 Å². The van der Waals surface area contributed by atoms with Gasteiger partial charge in [0, 0.05) is 6.42 Å². The van der Waals surface area contributed by atoms with Crippen molar-refractivity contribution in [3.05, 3.63) is 0 Å². The molecule has 0 saturated heterocycles. The van der Waals surface area contributed by atoms with Crippen LogP contribution in [0.25, 0.3) is 0 Å². The van der Waals surface area contributed by atoms with Crippen LogP contribution in [-0.4, -0.2) is 90.8 Å². The first-order valence-corrected chi connectivity index (χ1v) is 10.7. The van der Waals surface area contributed by atoms with Gasteiger partial charge in [0.05, 0.1) is 34.2 Å². The lowest BCUT2D eigenvalue weighted by Crippen LogP contribution is -2.53. The van der Waals surface area contributed by atoms with Crippen LogP contribution in [0.15, 0.2) is 4.99 Å². The van der Waals surface area contributed by atoms with E-state index in [9.17, 15) is 9.59 Å². The lowest BCUT2D eigenvalue weighted by molar-refractivity contribution is -0.862. The third-order valence-electron chi connectivity index (χ3n) is 5.03. The molecule has 7 heteroatoms. The molecule has 1 unspecified atom stereocenters. The third-order valence-corrected chi connectivity index (χ3v) is 5.03. The highest BCUT2D eigenvalue weighted by Crippen LogP contribution is 2.20. The number of carbonyl (C=O) groups is 2. The minimum atomic E-state index is -0.752. The standard InChI is InChI=1S/C16H30N2O2.C5H11NO2/c1-3-5-6-7-8-9-10-11-15-17-12-13-18(15,4-2)14-16(19)20;1-6(2,3)4-5(7)8/h3-14H2,1-2H3;4H2,1-3H3/p+2. The van der Waals surface area contributed by atoms with E-state index in [4.69, 9.17) is 10.2 Å². The van der Waals surface area contributed by atoms with Gasteiger partial charge in [0.1, 0.15) is 6.54 Å². The third kappa shape index (κ3) is 12.1. The van der Waals surface area contributed by atoms with Gasteiger partial charge >= 0.3 is 11.9 Å². The van der Waals surface area contributed by atoms with Crippen LogP contribution in [0.2, 0.25) is 0 Å². The quantitative estimate of drug-likeness (QED) is 0.366. The summed E-state index contributed by atoms with van der Waals surface area (Å²) >= 11 is 0. The highest BCUT2D eigenvalue weighted by atomic mass is 16.4. The molecule has 2 N–H and O–H groups in total. The second-order valence-electron chi connectivity index (χ2n) is 8.75. The summed E-state index contributed by atoms with van der Waals surface area (Å²) in [5, 5.41) is 17.3. The fourth-order valence-corrected chi connectivity index (χ4v) is 3.49. The molecule has 1 aliphatic heterocycles. The Balaban J connectivity index is 0.000000769. The van der Waals surface area contributed by atoms with Gasteiger partial charge in [0.2, 0.25) is 0 Å². The van der Waals surface area contributed by atoms with E-state index < -0.39 is 11.9 Å². The van der Waals surface area contributed by atoms with Crippen molar-refractivity contribution in [2.24, 2.45) is 4.99 Å². The van der Waals surface area contributed by atoms with Crippen LogP contribution < -0.4 is 0 Å². The van der Waals surface area contributed by atoms with Crippen molar-refractivity contribution in [3.8, 4) is 0 Å². The van der Waals surface area contributed by atoms with E-state index >= 15 is 0 Å². The lowest BCUT2D eigenvalue weighted by Gasteiger charge is -2.31. The number of quaternary nitrogens is 2. The number of nitrogens with zero attached hydrogens (tertiary/aromatic N) is 3. The molecule has 0 aliphatic carbocycles. The smallest absolute Gasteiger partial charge is 0.359 e. The molecule has 0 fully saturated rings. The number of rotatable bonds is 13. The molecule has 1 rings (SSSR count). The molecule has 0 spiro atoms. The topological polar surface area (TPSA) is 87.0 Å². The zero-order chi connectivity index (χ0) is 21.6. The first kappa shape index (κ1) is 26.5. The number of aliphatic imine (C=N–C) groups is 1. The van der Waals surface area contributed by atoms with Gasteiger partial charge in [-0.25, -0.2) is 14.6 Å². The number of carboxylic acids is 2. The van der Waals surface area contributed by atoms with Crippen molar-refractivity contribution in [2.45, 2.75) is 65.2 Å². The zero-order valence-electron chi connectivity index (χ0n) is 18.7. The van der Waals surface area contributed by atoms with E-state index in [-0.39, 0.29) is 13.1 Å². The summed E-state index contributed by atoms with van der Waals surface area (Å²) in [5.74, 6) is -0.332. The van der Waals surface area contributed by atoms with E-state index in [2.05, 4.69) is 18.8 Å². The summed E-state index contributed by atoms with van der Waals surface area (Å²) in [7, 11) is 5.52. The van der Waals surface area contributed by atoms with Crippen LogP contribution in [0.1, 0.15) is 65.2 Å². The van der Waals surface area contributed by atoms with Crippen LogP contribution in [0.3, 0.4) is 0 Å². The largest absolute Gasteiger partial charge is 0.477 e. The van der Waals surface area contributed by atoms with Gasteiger partial charge in [-0.15, -0.1) is 0 Å². The molecule has 0 aromatic rings. The van der Waals surface area contributed by atoms with Gasteiger partial charge in [-0.05, 0) is 13.3 Å². The summed E-state index contributed by atoms with van der Waals surface area (Å²) in [4.78, 5) is 25.7. The summed E-state index contributed by atoms with van der Waals surface area (Å²) in [5.41, 5.74) is 0. The van der Waals surface area contributed by atoms with Crippen LogP contribution in [0.5, 0.6) is 0 Å². The Morgan fingerprint density at radius 1 is 0.964 bits per heavy atom. The molecule has 28 heavy (non-hydrogen) atoms. The van der Waals surface area contributed by atoms with Gasteiger partial charge in [0.15, 0.2) is 18.9 Å². The summed E-state index contributed by atoms with van der Waals surface area (Å²) < 4.78 is 1.07. The minimum Gasteiger partial charge on any atom is -0.477 e. The Labute approximate surface area is 171 Å². The maximum Gasteiger partial charge on any atom is 0.359 e. The van der Waals surface area contributed by atoms with Crippen molar-refractivity contribution in [1.29, 1.82) is 0 Å². The average molecular weight is 402 g/mol. The highest BCUT2D eigenvalue weighted by molar-refractivity contribution is 5.80. The molecule has 7 nitrogen and oxygen atoms in total. The van der Waals surface area contributed by atoms with Gasteiger partial charge in [-0.2, -0.15) is 0 Å². The molecule has 0 amide bonds. The number of likely N-dealkylation sites (N-methyl/N-ethyl adjacent to an activating group) is 2. The van der Waals surface area contributed by atoms with Crippen LogP contribution >= 0.6 is 0 Å². The second-order valence-corrected chi connectivity index (χ2v) is 8.75. The fourth-order valence-electron chi connectivity index (χ4n) is 3.49. The van der Waals surface area contributed by atoms with Crippen LogP contribution in [0.4, 0.5) is 0 Å². The van der Waals surface area contributed by atoms with Crippen molar-refractivity contribution in [3.63, 3.8) is 0 Å². The molecule has 0 aromatic carbocycles. The Kier molecular flexibility index (Phi) is 12.9. The van der Waals surface area contributed by atoms with Crippen molar-refractivity contribution in [2.75, 3.05) is 53.9 Å². The monoisotopic (exact) mass is 401 g/mol. The van der Waals surface area contributed by atoms with Gasteiger partial charge < -0.3 is 14.7 Å². The molecule has 0 saturated carbocycles. The van der Waals surface area contributed by atoms with Gasteiger partial charge in [0.25, 0.3) is 0 Å². The number of hydrogen-bond acceptors (Lipinski definition) is 3. The lowest BCUT2D eigenvalue weighted by atomic mass is 10.1. The summed E-state index contributed by atoms with van der Waals surface area (Å²) in [6, 6.07) is 0. The molecule has 1 atom stereocenters. The maximum atomic E-state index is 11.1. The summed E-state index contributed by atoms with van der Waals surface area (Å²) in [6.07, 6.45) is 10.0. The number of amidine groups is 1. The first-order chi connectivity index (χ1) is 13.1. The van der Waals surface area contributed by atoms with Gasteiger partial charge in [-0.1, -0.05) is 45.4 Å². The molecule has 1 aliphatic rings. The SMILES string of the molecule is CCCCCCCCCC1=NCC[N+]1(CC)CC(=O)O.C[N+](C)(C)CC(=O)O. The number of unbranched alkanes of at least 4 members (excludes halogenated alkanes) is 6. The van der Waals surface area contributed by atoms with Crippen LogP contribution in [-0.2, 0) is 9.59 Å². The molecule has 0 aromatic heterocycles. The normalized spacial score (nSPS) is 19.0. The number of aliphatic carboxylic acids is 2. The Hall–Kier alpha value is -1.47. The Morgan fingerprint density at radius 3 is 1.96 bits per heavy atom.